The van der Waals surface area contributed by atoms with Gasteiger partial charge in [0.2, 0.25) is 0 Å². The molecule has 1 N–H and O–H groups in total. The smallest absolute Gasteiger partial charge is 0.335 e. The van der Waals surface area contributed by atoms with Gasteiger partial charge in [-0.2, -0.15) is 0 Å². The number of carboxylic acid groups (broad SMARTS) is 1. The third kappa shape index (κ3) is 2.52. The van der Waals surface area contributed by atoms with Crippen molar-refractivity contribution in [1.82, 2.24) is 0 Å². The summed E-state index contributed by atoms with van der Waals surface area (Å²) < 4.78 is 25.0. The highest BCUT2D eigenvalue weighted by atomic mass is 35.5. The summed E-state index contributed by atoms with van der Waals surface area (Å²) >= 11 is 6.87. The van der Waals surface area contributed by atoms with Gasteiger partial charge in [-0.3, -0.25) is 0 Å². The number of halogens is 3. The average Bonchev–Trinajstić information content (AvgIpc) is 2.78. The van der Waals surface area contributed by atoms with Gasteiger partial charge in [0.25, 0.3) is 6.43 Å². The lowest BCUT2D eigenvalue weighted by molar-refractivity contribution is 0.0697. The van der Waals surface area contributed by atoms with Crippen molar-refractivity contribution >= 4 is 28.9 Å². The SMILES string of the molecule is O=C(O)c1ccc(Cl)c(-c2csc(C(F)F)c2)c1. The van der Waals surface area contributed by atoms with Crippen molar-refractivity contribution < 1.29 is 18.7 Å². The molecule has 2 aromatic rings. The maximum Gasteiger partial charge on any atom is 0.335 e. The summed E-state index contributed by atoms with van der Waals surface area (Å²) in [6.45, 7) is 0. The summed E-state index contributed by atoms with van der Waals surface area (Å²) in [5, 5.41) is 10.7. The van der Waals surface area contributed by atoms with Crippen molar-refractivity contribution in [2.24, 2.45) is 0 Å². The summed E-state index contributed by atoms with van der Waals surface area (Å²) in [5.41, 5.74) is 1.02. The second-order valence-corrected chi connectivity index (χ2v) is 4.89. The molecule has 0 fully saturated rings. The molecule has 2 rings (SSSR count). The maximum atomic E-state index is 12.5. The highest BCUT2D eigenvalue weighted by molar-refractivity contribution is 7.10. The Bertz CT molecular complexity index is 596. The average molecular weight is 289 g/mol. The first-order chi connectivity index (χ1) is 8.49. The lowest BCUT2D eigenvalue weighted by atomic mass is 10.1. The van der Waals surface area contributed by atoms with E-state index in [-0.39, 0.29) is 10.4 Å². The Hall–Kier alpha value is -1.46. The summed E-state index contributed by atoms with van der Waals surface area (Å²) in [6.07, 6.45) is -2.54. The second kappa shape index (κ2) is 5.04. The number of aromatic carboxylic acids is 1. The quantitative estimate of drug-likeness (QED) is 0.888. The van der Waals surface area contributed by atoms with Crippen LogP contribution in [0.1, 0.15) is 21.7 Å². The van der Waals surface area contributed by atoms with Crippen LogP contribution in [0.5, 0.6) is 0 Å². The Morgan fingerprint density at radius 3 is 2.61 bits per heavy atom. The van der Waals surface area contributed by atoms with Crippen LogP contribution in [0.15, 0.2) is 29.6 Å². The van der Waals surface area contributed by atoms with Crippen LogP contribution < -0.4 is 0 Å². The molecule has 2 nitrogen and oxygen atoms in total. The number of alkyl halides is 2. The van der Waals surface area contributed by atoms with E-state index in [9.17, 15) is 13.6 Å². The van der Waals surface area contributed by atoms with Crippen LogP contribution in [0.4, 0.5) is 8.78 Å². The zero-order chi connectivity index (χ0) is 13.3. The van der Waals surface area contributed by atoms with Crippen LogP contribution in [-0.4, -0.2) is 11.1 Å². The number of benzene rings is 1. The molecule has 6 heteroatoms. The van der Waals surface area contributed by atoms with Gasteiger partial charge in [0.15, 0.2) is 0 Å². The molecule has 0 aliphatic rings. The van der Waals surface area contributed by atoms with E-state index in [1.165, 1.54) is 29.6 Å². The topological polar surface area (TPSA) is 37.3 Å². The number of thiophene rings is 1. The zero-order valence-corrected chi connectivity index (χ0v) is 10.4. The molecule has 1 aromatic heterocycles. The van der Waals surface area contributed by atoms with Crippen molar-refractivity contribution in [2.45, 2.75) is 6.43 Å². The van der Waals surface area contributed by atoms with Crippen LogP contribution in [-0.2, 0) is 0 Å². The highest BCUT2D eigenvalue weighted by Crippen LogP contribution is 2.35. The van der Waals surface area contributed by atoms with Gasteiger partial charge < -0.3 is 5.11 Å². The predicted octanol–water partition coefficient (Wildman–Crippen LogP) is 4.70. The van der Waals surface area contributed by atoms with Gasteiger partial charge in [-0.1, -0.05) is 11.6 Å². The van der Waals surface area contributed by atoms with Crippen LogP contribution in [0, 0.1) is 0 Å². The Morgan fingerprint density at radius 2 is 2.06 bits per heavy atom. The lowest BCUT2D eigenvalue weighted by Crippen LogP contribution is -1.96. The second-order valence-electron chi connectivity index (χ2n) is 3.54. The summed E-state index contributed by atoms with van der Waals surface area (Å²) in [4.78, 5) is 10.8. The number of carbonyl (C=O) groups is 1. The van der Waals surface area contributed by atoms with Gasteiger partial charge >= 0.3 is 5.97 Å². The Kier molecular flexibility index (Phi) is 3.63. The Balaban J connectivity index is 2.48. The third-order valence-corrected chi connectivity index (χ3v) is 3.63. The van der Waals surface area contributed by atoms with Gasteiger partial charge in [0.1, 0.15) is 0 Å². The molecule has 0 aliphatic carbocycles. The molecule has 0 unspecified atom stereocenters. The Morgan fingerprint density at radius 1 is 1.33 bits per heavy atom. The first kappa shape index (κ1) is 13.0. The van der Waals surface area contributed by atoms with Crippen molar-refractivity contribution in [2.75, 3.05) is 0 Å². The van der Waals surface area contributed by atoms with Gasteiger partial charge in [-0.25, -0.2) is 13.6 Å². The number of carboxylic acids is 1. The summed E-state index contributed by atoms with van der Waals surface area (Å²) in [7, 11) is 0. The normalized spacial score (nSPS) is 10.9. The summed E-state index contributed by atoms with van der Waals surface area (Å²) in [5.74, 6) is -1.09. The van der Waals surface area contributed by atoms with Crippen molar-refractivity contribution in [3.63, 3.8) is 0 Å². The molecular weight excluding hydrogens is 282 g/mol. The first-order valence-corrected chi connectivity index (χ1v) is 6.14. The van der Waals surface area contributed by atoms with Crippen molar-refractivity contribution in [1.29, 1.82) is 0 Å². The van der Waals surface area contributed by atoms with Crippen LogP contribution in [0.3, 0.4) is 0 Å². The van der Waals surface area contributed by atoms with Crippen molar-refractivity contribution in [3.05, 3.63) is 45.1 Å². The van der Waals surface area contributed by atoms with E-state index < -0.39 is 12.4 Å². The number of rotatable bonds is 3. The van der Waals surface area contributed by atoms with Crippen LogP contribution in [0.2, 0.25) is 5.02 Å². The number of hydrogen-bond donors (Lipinski definition) is 1. The van der Waals surface area contributed by atoms with Gasteiger partial charge in [-0.05, 0) is 35.2 Å². The molecule has 0 atom stereocenters. The van der Waals surface area contributed by atoms with E-state index in [1.807, 2.05) is 0 Å². The zero-order valence-electron chi connectivity index (χ0n) is 8.86. The minimum absolute atomic E-state index is 0.0678. The molecule has 0 radical (unpaired) electrons. The molecule has 0 saturated carbocycles. The fourth-order valence-corrected chi connectivity index (χ4v) is 2.47. The third-order valence-electron chi connectivity index (χ3n) is 2.36. The van der Waals surface area contributed by atoms with E-state index in [4.69, 9.17) is 16.7 Å². The van der Waals surface area contributed by atoms with Gasteiger partial charge in [0, 0.05) is 10.6 Å². The molecule has 1 aromatic carbocycles. The van der Waals surface area contributed by atoms with E-state index in [2.05, 4.69) is 0 Å². The molecule has 1 heterocycles. The molecule has 18 heavy (non-hydrogen) atoms. The van der Waals surface area contributed by atoms with Crippen LogP contribution >= 0.6 is 22.9 Å². The van der Waals surface area contributed by atoms with E-state index in [0.29, 0.717) is 16.1 Å². The molecule has 0 amide bonds. The molecule has 94 valence electrons. The van der Waals surface area contributed by atoms with E-state index in [1.54, 1.807) is 0 Å². The minimum Gasteiger partial charge on any atom is -0.478 e. The largest absolute Gasteiger partial charge is 0.478 e. The molecule has 0 saturated heterocycles. The standard InChI is InChI=1S/C12H7ClF2O2S/c13-9-2-1-6(12(16)17)3-8(9)7-4-10(11(14)15)18-5-7/h1-5,11H,(H,16,17). The Labute approximate surface area is 110 Å². The van der Waals surface area contributed by atoms with Gasteiger partial charge in [0.05, 0.1) is 10.4 Å². The minimum atomic E-state index is -2.54. The molecule has 0 spiro atoms. The summed E-state index contributed by atoms with van der Waals surface area (Å²) in [6, 6.07) is 5.51. The van der Waals surface area contributed by atoms with Gasteiger partial charge in [-0.15, -0.1) is 11.3 Å². The first-order valence-electron chi connectivity index (χ1n) is 4.89. The van der Waals surface area contributed by atoms with Crippen molar-refractivity contribution in [3.8, 4) is 11.1 Å². The number of hydrogen-bond acceptors (Lipinski definition) is 2. The molecule has 0 bridgehead atoms. The highest BCUT2D eigenvalue weighted by Gasteiger charge is 2.14. The lowest BCUT2D eigenvalue weighted by Gasteiger charge is -2.03. The van der Waals surface area contributed by atoms with Crippen LogP contribution in [0.25, 0.3) is 11.1 Å². The molecule has 0 aliphatic heterocycles. The fourth-order valence-electron chi connectivity index (χ4n) is 1.49. The molecular formula is C12H7ClF2O2S. The predicted molar refractivity (Wildman–Crippen MR) is 66.7 cm³/mol. The maximum absolute atomic E-state index is 12.5. The van der Waals surface area contributed by atoms with E-state index >= 15 is 0 Å². The monoisotopic (exact) mass is 288 g/mol. The van der Waals surface area contributed by atoms with E-state index in [0.717, 1.165) is 11.3 Å². The fraction of sp³-hybridized carbons (Fsp3) is 0.0833.